The van der Waals surface area contributed by atoms with Crippen LogP contribution in [0.2, 0.25) is 0 Å². The van der Waals surface area contributed by atoms with Crippen LogP contribution in [-0.4, -0.2) is 37.6 Å². The van der Waals surface area contributed by atoms with Crippen molar-refractivity contribution in [2.24, 2.45) is 5.92 Å². The minimum absolute atomic E-state index is 0.162. The molecule has 140 valence electrons. The van der Waals surface area contributed by atoms with Gasteiger partial charge in [0, 0.05) is 10.1 Å². The Morgan fingerprint density at radius 2 is 2.00 bits per heavy atom. The zero-order chi connectivity index (χ0) is 19.3. The molecule has 0 unspecified atom stereocenters. The molecule has 26 heavy (non-hydrogen) atoms. The van der Waals surface area contributed by atoms with Crippen LogP contribution in [0.15, 0.2) is 24.3 Å². The van der Waals surface area contributed by atoms with Gasteiger partial charge < -0.3 is 14.8 Å². The maximum absolute atomic E-state index is 13.7. The zero-order valence-electron chi connectivity index (χ0n) is 14.7. The zero-order valence-corrected chi connectivity index (χ0v) is 15.5. The van der Waals surface area contributed by atoms with Gasteiger partial charge in [-0.3, -0.25) is 4.79 Å². The largest absolute Gasteiger partial charge is 0.467 e. The summed E-state index contributed by atoms with van der Waals surface area (Å²) in [6, 6.07) is 5.15. The van der Waals surface area contributed by atoms with Crippen molar-refractivity contribution in [2.75, 3.05) is 13.7 Å². The van der Waals surface area contributed by atoms with E-state index in [2.05, 4.69) is 10.1 Å². The van der Waals surface area contributed by atoms with Gasteiger partial charge >= 0.3 is 11.9 Å². The molecule has 0 aliphatic rings. The van der Waals surface area contributed by atoms with Gasteiger partial charge in [0.25, 0.3) is 5.91 Å². The molecule has 0 saturated heterocycles. The first-order chi connectivity index (χ1) is 12.3. The summed E-state index contributed by atoms with van der Waals surface area (Å²) in [6.07, 6.45) is 0.405. The number of hydrogen-bond acceptors (Lipinski definition) is 6. The Morgan fingerprint density at radius 3 is 2.62 bits per heavy atom. The van der Waals surface area contributed by atoms with E-state index >= 15 is 0 Å². The summed E-state index contributed by atoms with van der Waals surface area (Å²) >= 11 is 1.08. The van der Waals surface area contributed by atoms with Gasteiger partial charge in [-0.1, -0.05) is 19.9 Å². The van der Waals surface area contributed by atoms with Crippen LogP contribution in [0.25, 0.3) is 10.1 Å². The lowest BCUT2D eigenvalue weighted by Crippen LogP contribution is -2.44. The molecule has 0 saturated carbocycles. The molecule has 2 rings (SSSR count). The van der Waals surface area contributed by atoms with E-state index in [9.17, 15) is 18.8 Å². The van der Waals surface area contributed by atoms with Gasteiger partial charge in [0.1, 0.15) is 16.7 Å². The van der Waals surface area contributed by atoms with Crippen molar-refractivity contribution < 1.29 is 28.2 Å². The number of nitrogens with one attached hydrogen (secondary N) is 1. The minimum Gasteiger partial charge on any atom is -0.467 e. The highest BCUT2D eigenvalue weighted by molar-refractivity contribution is 7.20. The number of carbonyl (C=O) groups excluding carboxylic acids is 3. The fraction of sp³-hybridized carbons (Fsp3) is 0.389. The Bertz CT molecular complexity index is 817. The van der Waals surface area contributed by atoms with E-state index in [0.717, 1.165) is 11.3 Å². The number of ether oxygens (including phenoxy) is 2. The molecular weight excluding hydrogens is 361 g/mol. The smallest absolute Gasteiger partial charge is 0.348 e. The van der Waals surface area contributed by atoms with Crippen LogP contribution < -0.4 is 5.32 Å². The Labute approximate surface area is 154 Å². The van der Waals surface area contributed by atoms with Crippen LogP contribution >= 0.6 is 11.3 Å². The second-order valence-electron chi connectivity index (χ2n) is 6.11. The summed E-state index contributed by atoms with van der Waals surface area (Å²) < 4.78 is 23.9. The fourth-order valence-electron chi connectivity index (χ4n) is 2.39. The summed E-state index contributed by atoms with van der Waals surface area (Å²) in [5.74, 6) is -2.15. The van der Waals surface area contributed by atoms with Crippen molar-refractivity contribution in [1.29, 1.82) is 0 Å². The number of thiophene rings is 1. The molecule has 1 N–H and O–H groups in total. The van der Waals surface area contributed by atoms with E-state index in [1.807, 2.05) is 13.8 Å². The molecule has 2 aromatic rings. The van der Waals surface area contributed by atoms with Gasteiger partial charge in [-0.2, -0.15) is 0 Å². The quantitative estimate of drug-likeness (QED) is 0.746. The average Bonchev–Trinajstić information content (AvgIpc) is 3.03. The van der Waals surface area contributed by atoms with Crippen LogP contribution in [0, 0.1) is 11.7 Å². The third-order valence-corrected chi connectivity index (χ3v) is 4.65. The molecule has 0 spiro atoms. The van der Waals surface area contributed by atoms with E-state index in [1.54, 1.807) is 12.1 Å². The number of halogens is 1. The lowest BCUT2D eigenvalue weighted by atomic mass is 10.0. The van der Waals surface area contributed by atoms with E-state index < -0.39 is 36.3 Å². The third kappa shape index (κ3) is 5.01. The molecule has 0 fully saturated rings. The summed E-state index contributed by atoms with van der Waals surface area (Å²) in [7, 11) is 1.24. The molecular formula is C18H20FNO5S. The fourth-order valence-corrected chi connectivity index (χ4v) is 3.36. The Morgan fingerprint density at radius 1 is 1.27 bits per heavy atom. The summed E-state index contributed by atoms with van der Waals surface area (Å²) in [5, 5.41) is 2.82. The van der Waals surface area contributed by atoms with Crippen molar-refractivity contribution in [3.05, 3.63) is 35.0 Å². The van der Waals surface area contributed by atoms with Gasteiger partial charge in [-0.15, -0.1) is 11.3 Å². The van der Waals surface area contributed by atoms with Crippen LogP contribution in [0.1, 0.15) is 29.9 Å². The number of rotatable bonds is 7. The molecule has 0 radical (unpaired) electrons. The molecule has 6 nitrogen and oxygen atoms in total. The van der Waals surface area contributed by atoms with E-state index in [-0.39, 0.29) is 10.8 Å². The number of benzene rings is 1. The van der Waals surface area contributed by atoms with Crippen molar-refractivity contribution in [3.63, 3.8) is 0 Å². The number of amides is 1. The van der Waals surface area contributed by atoms with Gasteiger partial charge in [0.05, 0.1) is 7.11 Å². The van der Waals surface area contributed by atoms with Crippen LogP contribution in [-0.2, 0) is 19.1 Å². The summed E-state index contributed by atoms with van der Waals surface area (Å²) in [5.41, 5.74) is 0. The first-order valence-electron chi connectivity index (χ1n) is 8.04. The Kier molecular flexibility index (Phi) is 6.68. The van der Waals surface area contributed by atoms with Gasteiger partial charge in [0.2, 0.25) is 0 Å². The Balaban J connectivity index is 1.95. The number of hydrogen-bond donors (Lipinski definition) is 1. The molecule has 1 amide bonds. The van der Waals surface area contributed by atoms with Crippen molar-refractivity contribution in [3.8, 4) is 0 Å². The second kappa shape index (κ2) is 8.75. The third-order valence-electron chi connectivity index (χ3n) is 3.57. The molecule has 0 aliphatic carbocycles. The maximum atomic E-state index is 13.7. The van der Waals surface area contributed by atoms with Gasteiger partial charge in [0.15, 0.2) is 6.61 Å². The average molecular weight is 381 g/mol. The molecule has 0 bridgehead atoms. The molecule has 1 aromatic heterocycles. The maximum Gasteiger partial charge on any atom is 0.348 e. The minimum atomic E-state index is -0.801. The predicted octanol–water partition coefficient (Wildman–Crippen LogP) is 2.90. The topological polar surface area (TPSA) is 81.7 Å². The predicted molar refractivity (Wildman–Crippen MR) is 95.5 cm³/mol. The lowest BCUT2D eigenvalue weighted by Gasteiger charge is -2.18. The first kappa shape index (κ1) is 19.8. The SMILES string of the molecule is COC(=O)[C@@H](CC(C)C)NC(=O)COC(=O)c1cc2c(F)cccc2s1. The normalized spacial score (nSPS) is 12.0. The van der Waals surface area contributed by atoms with E-state index in [1.165, 1.54) is 19.2 Å². The van der Waals surface area contributed by atoms with Crippen LogP contribution in [0.5, 0.6) is 0 Å². The molecule has 8 heteroatoms. The Hall–Kier alpha value is -2.48. The van der Waals surface area contributed by atoms with E-state index in [0.29, 0.717) is 16.5 Å². The highest BCUT2D eigenvalue weighted by Crippen LogP contribution is 2.28. The van der Waals surface area contributed by atoms with Crippen LogP contribution in [0.3, 0.4) is 0 Å². The highest BCUT2D eigenvalue weighted by Gasteiger charge is 2.23. The molecule has 1 heterocycles. The summed E-state index contributed by atoms with van der Waals surface area (Å²) in [4.78, 5) is 35.9. The number of carbonyl (C=O) groups is 3. The molecule has 1 atom stereocenters. The van der Waals surface area contributed by atoms with E-state index in [4.69, 9.17) is 4.74 Å². The lowest BCUT2D eigenvalue weighted by molar-refractivity contribution is -0.145. The number of methoxy groups -OCH3 is 1. The van der Waals surface area contributed by atoms with Crippen molar-refractivity contribution >= 4 is 39.3 Å². The number of fused-ring (bicyclic) bond motifs is 1. The standard InChI is InChI=1S/C18H20FNO5S/c1-10(2)7-13(17(22)24-3)20-16(21)9-25-18(23)15-8-11-12(19)5-4-6-14(11)26-15/h4-6,8,10,13H,7,9H2,1-3H3,(H,20,21)/t13-/m1/s1. The molecule has 1 aromatic carbocycles. The van der Waals surface area contributed by atoms with Gasteiger partial charge in [-0.05, 0) is 30.5 Å². The number of esters is 2. The summed E-state index contributed by atoms with van der Waals surface area (Å²) in [6.45, 7) is 3.27. The monoisotopic (exact) mass is 381 g/mol. The molecule has 0 aliphatic heterocycles. The van der Waals surface area contributed by atoms with Crippen molar-refractivity contribution in [1.82, 2.24) is 5.32 Å². The van der Waals surface area contributed by atoms with Crippen molar-refractivity contribution in [2.45, 2.75) is 26.3 Å². The van der Waals surface area contributed by atoms with Crippen LogP contribution in [0.4, 0.5) is 4.39 Å². The highest BCUT2D eigenvalue weighted by atomic mass is 32.1. The van der Waals surface area contributed by atoms with Gasteiger partial charge in [-0.25, -0.2) is 14.0 Å². The second-order valence-corrected chi connectivity index (χ2v) is 7.20. The first-order valence-corrected chi connectivity index (χ1v) is 8.85.